The van der Waals surface area contributed by atoms with Gasteiger partial charge in [0.25, 0.3) is 0 Å². The van der Waals surface area contributed by atoms with E-state index in [1.807, 2.05) is 12.1 Å². The summed E-state index contributed by atoms with van der Waals surface area (Å²) < 4.78 is 5.20. The van der Waals surface area contributed by atoms with E-state index in [0.717, 1.165) is 18.6 Å². The van der Waals surface area contributed by atoms with Crippen LogP contribution < -0.4 is 4.74 Å². The van der Waals surface area contributed by atoms with Crippen molar-refractivity contribution in [3.05, 3.63) is 65.2 Å². The fourth-order valence-corrected chi connectivity index (χ4v) is 2.76. The Morgan fingerprint density at radius 3 is 2.50 bits per heavy atom. The van der Waals surface area contributed by atoms with Crippen molar-refractivity contribution in [2.75, 3.05) is 7.11 Å². The molecule has 102 valence electrons. The van der Waals surface area contributed by atoms with Gasteiger partial charge in [-0.3, -0.25) is 4.99 Å². The van der Waals surface area contributed by atoms with Crippen LogP contribution in [0.4, 0.5) is 0 Å². The maximum Gasteiger partial charge on any atom is 0.118 e. The van der Waals surface area contributed by atoms with E-state index in [1.54, 1.807) is 7.11 Å². The Labute approximate surface area is 120 Å². The lowest BCUT2D eigenvalue weighted by molar-refractivity contribution is 0.414. The van der Waals surface area contributed by atoms with Crippen LogP contribution in [0.5, 0.6) is 5.75 Å². The van der Waals surface area contributed by atoms with Gasteiger partial charge in [0.05, 0.1) is 13.2 Å². The molecule has 0 N–H and O–H groups in total. The number of nitrogens with zero attached hydrogens (tertiary/aromatic N) is 1. The van der Waals surface area contributed by atoms with Gasteiger partial charge in [-0.2, -0.15) is 0 Å². The molecule has 2 heteroatoms. The van der Waals surface area contributed by atoms with Crippen LogP contribution >= 0.6 is 0 Å². The van der Waals surface area contributed by atoms with E-state index in [1.165, 1.54) is 22.4 Å². The van der Waals surface area contributed by atoms with Crippen molar-refractivity contribution in [1.82, 2.24) is 0 Å². The molecule has 0 bridgehead atoms. The first-order valence-electron chi connectivity index (χ1n) is 7.04. The Balaban J connectivity index is 1.85. The second-order valence-electron chi connectivity index (χ2n) is 5.22. The van der Waals surface area contributed by atoms with Gasteiger partial charge in [-0.1, -0.05) is 36.4 Å². The maximum absolute atomic E-state index is 5.20. The molecule has 2 aromatic carbocycles. The largest absolute Gasteiger partial charge is 0.497 e. The van der Waals surface area contributed by atoms with E-state index >= 15 is 0 Å². The minimum atomic E-state index is 0.288. The lowest BCUT2D eigenvalue weighted by Gasteiger charge is -2.07. The molecule has 1 atom stereocenters. The second kappa shape index (κ2) is 5.49. The topological polar surface area (TPSA) is 21.6 Å². The summed E-state index contributed by atoms with van der Waals surface area (Å²) in [5.41, 5.74) is 5.11. The summed E-state index contributed by atoms with van der Waals surface area (Å²) in [7, 11) is 1.69. The first-order chi connectivity index (χ1) is 9.78. The molecule has 1 unspecified atom stereocenters. The van der Waals surface area contributed by atoms with Gasteiger partial charge in [0.15, 0.2) is 0 Å². The summed E-state index contributed by atoms with van der Waals surface area (Å²) in [6, 6.07) is 17.0. The third-order valence-corrected chi connectivity index (χ3v) is 3.92. The molecule has 1 heterocycles. The highest BCUT2D eigenvalue weighted by Crippen LogP contribution is 2.32. The molecule has 0 saturated carbocycles. The van der Waals surface area contributed by atoms with Gasteiger partial charge < -0.3 is 4.74 Å². The van der Waals surface area contributed by atoms with E-state index in [-0.39, 0.29) is 6.04 Å². The summed E-state index contributed by atoms with van der Waals surface area (Å²) in [5.74, 6) is 0.898. The van der Waals surface area contributed by atoms with Crippen LogP contribution in [0, 0.1) is 6.92 Å². The Kier molecular flexibility index (Phi) is 3.55. The molecule has 0 spiro atoms. The molecule has 0 aliphatic carbocycles. The van der Waals surface area contributed by atoms with E-state index in [0.29, 0.717) is 0 Å². The molecule has 1 aliphatic heterocycles. The molecule has 0 amide bonds. The lowest BCUT2D eigenvalue weighted by Crippen LogP contribution is -1.98. The van der Waals surface area contributed by atoms with Gasteiger partial charge in [-0.25, -0.2) is 0 Å². The zero-order valence-electron chi connectivity index (χ0n) is 12.0. The zero-order valence-corrected chi connectivity index (χ0v) is 12.0. The summed E-state index contributed by atoms with van der Waals surface area (Å²) in [6.45, 7) is 2.15. The Hall–Kier alpha value is -2.09. The molecule has 20 heavy (non-hydrogen) atoms. The normalized spacial score (nSPS) is 17.9. The number of hydrogen-bond donors (Lipinski definition) is 0. The average molecular weight is 265 g/mol. The van der Waals surface area contributed by atoms with Crippen LogP contribution in [-0.4, -0.2) is 12.8 Å². The van der Waals surface area contributed by atoms with Crippen molar-refractivity contribution in [2.45, 2.75) is 25.8 Å². The third kappa shape index (κ3) is 2.46. The van der Waals surface area contributed by atoms with Crippen LogP contribution in [0.3, 0.4) is 0 Å². The highest BCUT2D eigenvalue weighted by atomic mass is 16.5. The molecule has 0 aromatic heterocycles. The third-order valence-electron chi connectivity index (χ3n) is 3.92. The zero-order chi connectivity index (χ0) is 13.9. The van der Waals surface area contributed by atoms with E-state index in [4.69, 9.17) is 9.73 Å². The number of aliphatic imine (C=N–C) groups is 1. The average Bonchev–Trinajstić information content (AvgIpc) is 2.97. The number of benzene rings is 2. The fraction of sp³-hybridized carbons (Fsp3) is 0.278. The van der Waals surface area contributed by atoms with Gasteiger partial charge >= 0.3 is 0 Å². The van der Waals surface area contributed by atoms with Gasteiger partial charge in [-0.05, 0) is 48.6 Å². The van der Waals surface area contributed by atoms with Crippen LogP contribution in [0.25, 0.3) is 0 Å². The van der Waals surface area contributed by atoms with Crippen molar-refractivity contribution in [1.29, 1.82) is 0 Å². The van der Waals surface area contributed by atoms with Gasteiger partial charge in [0.1, 0.15) is 5.75 Å². The molecular formula is C18H19NO. The second-order valence-corrected chi connectivity index (χ2v) is 5.22. The van der Waals surface area contributed by atoms with Gasteiger partial charge in [0, 0.05) is 5.71 Å². The summed E-state index contributed by atoms with van der Waals surface area (Å²) in [5, 5.41) is 0. The van der Waals surface area contributed by atoms with Crippen molar-refractivity contribution < 1.29 is 4.74 Å². The van der Waals surface area contributed by atoms with Crippen molar-refractivity contribution in [3.63, 3.8) is 0 Å². The Bertz CT molecular complexity index is 628. The molecule has 1 aliphatic rings. The summed E-state index contributed by atoms with van der Waals surface area (Å²) in [6.07, 6.45) is 2.15. The van der Waals surface area contributed by atoms with Gasteiger partial charge in [-0.15, -0.1) is 0 Å². The number of hydrogen-bond acceptors (Lipinski definition) is 2. The lowest BCUT2D eigenvalue weighted by atomic mass is 10.0. The standard InChI is InChI=1S/C18H19NO/c1-13-5-3-4-6-16(13)18-12-11-17(19-18)14-7-9-15(20-2)10-8-14/h3-10,17H,11-12H2,1-2H3. The minimum absolute atomic E-state index is 0.288. The molecule has 2 nitrogen and oxygen atoms in total. The molecular weight excluding hydrogens is 246 g/mol. The fourth-order valence-electron chi connectivity index (χ4n) is 2.76. The van der Waals surface area contributed by atoms with Crippen molar-refractivity contribution >= 4 is 5.71 Å². The molecule has 0 fully saturated rings. The molecule has 3 rings (SSSR count). The van der Waals surface area contributed by atoms with Gasteiger partial charge in [0.2, 0.25) is 0 Å². The number of ether oxygens (including phenoxy) is 1. The van der Waals surface area contributed by atoms with Crippen molar-refractivity contribution in [2.24, 2.45) is 4.99 Å². The van der Waals surface area contributed by atoms with Crippen LogP contribution in [0.15, 0.2) is 53.5 Å². The number of methoxy groups -OCH3 is 1. The summed E-state index contributed by atoms with van der Waals surface area (Å²) >= 11 is 0. The van der Waals surface area contributed by atoms with Crippen LogP contribution in [-0.2, 0) is 0 Å². The smallest absolute Gasteiger partial charge is 0.118 e. The monoisotopic (exact) mass is 265 g/mol. The highest BCUT2D eigenvalue weighted by molar-refractivity contribution is 6.02. The first kappa shape index (κ1) is 12.9. The molecule has 2 aromatic rings. The predicted octanol–water partition coefficient (Wildman–Crippen LogP) is 4.33. The van der Waals surface area contributed by atoms with E-state index in [2.05, 4.69) is 43.3 Å². The summed E-state index contributed by atoms with van der Waals surface area (Å²) in [4.78, 5) is 4.92. The number of rotatable bonds is 3. The molecule has 0 radical (unpaired) electrons. The highest BCUT2D eigenvalue weighted by Gasteiger charge is 2.20. The van der Waals surface area contributed by atoms with Crippen LogP contribution in [0.1, 0.15) is 35.6 Å². The van der Waals surface area contributed by atoms with Crippen molar-refractivity contribution in [3.8, 4) is 5.75 Å². The quantitative estimate of drug-likeness (QED) is 0.809. The maximum atomic E-state index is 5.20. The Morgan fingerprint density at radius 1 is 1.05 bits per heavy atom. The predicted molar refractivity (Wildman–Crippen MR) is 82.7 cm³/mol. The Morgan fingerprint density at radius 2 is 1.80 bits per heavy atom. The first-order valence-corrected chi connectivity index (χ1v) is 7.04. The minimum Gasteiger partial charge on any atom is -0.497 e. The molecule has 0 saturated heterocycles. The van der Waals surface area contributed by atoms with E-state index < -0.39 is 0 Å². The van der Waals surface area contributed by atoms with Crippen LogP contribution in [0.2, 0.25) is 0 Å². The SMILES string of the molecule is COc1ccc(C2CCC(c3ccccc3C)=N2)cc1. The number of aryl methyl sites for hydroxylation is 1. The van der Waals surface area contributed by atoms with E-state index in [9.17, 15) is 0 Å².